The van der Waals surface area contributed by atoms with Crippen LogP contribution < -0.4 is 0 Å². The summed E-state index contributed by atoms with van der Waals surface area (Å²) in [5.41, 5.74) is 4.30. The van der Waals surface area contributed by atoms with Gasteiger partial charge in [0.2, 0.25) is 0 Å². The first-order valence-corrected chi connectivity index (χ1v) is 9.44. The molecule has 4 aromatic rings. The van der Waals surface area contributed by atoms with Gasteiger partial charge in [0.1, 0.15) is 11.7 Å². The predicted octanol–water partition coefficient (Wildman–Crippen LogP) is 2.62. The van der Waals surface area contributed by atoms with Crippen molar-refractivity contribution in [2.45, 2.75) is 32.4 Å². The molecule has 142 valence electrons. The van der Waals surface area contributed by atoms with Gasteiger partial charge in [0.15, 0.2) is 0 Å². The Morgan fingerprint density at radius 3 is 3.00 bits per heavy atom. The minimum Gasteiger partial charge on any atom is -0.348 e. The lowest BCUT2D eigenvalue weighted by molar-refractivity contribution is 0.0672. The first-order valence-electron chi connectivity index (χ1n) is 9.44. The number of imidazole rings is 1. The number of hydrogen-bond donors (Lipinski definition) is 1. The molecular weight excluding hydrogens is 354 g/mol. The Morgan fingerprint density at radius 1 is 1.29 bits per heavy atom. The van der Waals surface area contributed by atoms with Crippen LogP contribution in [0.4, 0.5) is 0 Å². The molecule has 0 fully saturated rings. The summed E-state index contributed by atoms with van der Waals surface area (Å²) in [4.78, 5) is 23.1. The Hall–Kier alpha value is -3.42. The highest BCUT2D eigenvalue weighted by molar-refractivity contribution is 5.93. The van der Waals surface area contributed by atoms with Crippen LogP contribution in [-0.2, 0) is 6.42 Å². The van der Waals surface area contributed by atoms with Crippen molar-refractivity contribution in [2.24, 2.45) is 0 Å². The second-order valence-corrected chi connectivity index (χ2v) is 7.31. The zero-order valence-corrected chi connectivity index (χ0v) is 15.8. The van der Waals surface area contributed by atoms with Crippen LogP contribution in [-0.4, -0.2) is 46.7 Å². The number of aromatic amines is 1. The number of carbonyl (C=O) groups is 1. The number of aromatic nitrogens is 6. The molecule has 8 nitrogen and oxygen atoms in total. The van der Waals surface area contributed by atoms with Crippen LogP contribution in [0, 0.1) is 0 Å². The number of H-pyrrole nitrogens is 1. The number of nitrogens with one attached hydrogen (secondary N) is 1. The second-order valence-electron chi connectivity index (χ2n) is 7.31. The minimum atomic E-state index is -0.335. The molecule has 1 amide bonds. The van der Waals surface area contributed by atoms with E-state index in [-0.39, 0.29) is 18.0 Å². The standard InChI is InChI=1S/C20H21N7O/c1-13(2)27-17(6-8-23-27)20(28)25-10-7-15-18(22-12-21-15)19(25)16-11-14-5-3-4-9-26(14)24-16/h3-6,8-9,11-13,19H,7,10H2,1-2H3,(H,21,22)/t19-/m1/s1. The van der Waals surface area contributed by atoms with Crippen LogP contribution >= 0.6 is 0 Å². The third-order valence-electron chi connectivity index (χ3n) is 5.23. The summed E-state index contributed by atoms with van der Waals surface area (Å²) in [6.07, 6.45) is 6.02. The van der Waals surface area contributed by atoms with E-state index >= 15 is 0 Å². The lowest BCUT2D eigenvalue weighted by Gasteiger charge is -2.34. The molecule has 0 saturated carbocycles. The maximum absolute atomic E-state index is 13.5. The van der Waals surface area contributed by atoms with Crippen molar-refractivity contribution in [3.05, 3.63) is 71.8 Å². The molecule has 0 aromatic carbocycles. The summed E-state index contributed by atoms with van der Waals surface area (Å²) in [6, 6.07) is 9.49. The molecule has 0 spiro atoms. The smallest absolute Gasteiger partial charge is 0.273 e. The molecular formula is C20H21N7O. The highest BCUT2D eigenvalue weighted by Gasteiger charge is 2.37. The molecule has 1 aliphatic rings. The SMILES string of the molecule is CC(C)n1nccc1C(=O)N1CCc2[nH]cnc2[C@H]1c1cc2ccccn2n1. The van der Waals surface area contributed by atoms with Gasteiger partial charge in [0.05, 0.1) is 23.2 Å². The maximum Gasteiger partial charge on any atom is 0.273 e. The summed E-state index contributed by atoms with van der Waals surface area (Å²) in [6.45, 7) is 4.63. The Bertz CT molecular complexity index is 1120. The second kappa shape index (κ2) is 6.33. The Labute approximate surface area is 161 Å². The van der Waals surface area contributed by atoms with E-state index in [9.17, 15) is 4.79 Å². The van der Waals surface area contributed by atoms with E-state index in [0.29, 0.717) is 12.2 Å². The van der Waals surface area contributed by atoms with E-state index in [4.69, 9.17) is 5.10 Å². The molecule has 0 saturated heterocycles. The van der Waals surface area contributed by atoms with Crippen molar-refractivity contribution in [1.82, 2.24) is 34.3 Å². The van der Waals surface area contributed by atoms with Crippen molar-refractivity contribution in [3.8, 4) is 0 Å². The quantitative estimate of drug-likeness (QED) is 0.597. The van der Waals surface area contributed by atoms with E-state index in [1.807, 2.05) is 53.7 Å². The van der Waals surface area contributed by atoms with Crippen LogP contribution in [0.3, 0.4) is 0 Å². The van der Waals surface area contributed by atoms with Crippen molar-refractivity contribution < 1.29 is 4.79 Å². The normalized spacial score (nSPS) is 16.7. The molecule has 8 heteroatoms. The van der Waals surface area contributed by atoms with Crippen molar-refractivity contribution >= 4 is 11.4 Å². The number of nitrogens with zero attached hydrogens (tertiary/aromatic N) is 6. The Morgan fingerprint density at radius 2 is 2.18 bits per heavy atom. The van der Waals surface area contributed by atoms with Crippen molar-refractivity contribution in [3.63, 3.8) is 0 Å². The highest BCUT2D eigenvalue weighted by Crippen LogP contribution is 2.34. The minimum absolute atomic E-state index is 0.0538. The zero-order chi connectivity index (χ0) is 19.3. The van der Waals surface area contributed by atoms with Gasteiger partial charge in [-0.15, -0.1) is 0 Å². The van der Waals surface area contributed by atoms with E-state index in [1.54, 1.807) is 23.3 Å². The van der Waals surface area contributed by atoms with Crippen LogP contribution in [0.2, 0.25) is 0 Å². The Kier molecular flexibility index (Phi) is 3.78. The number of amides is 1. The van der Waals surface area contributed by atoms with Crippen LogP contribution in [0.25, 0.3) is 5.52 Å². The molecule has 4 aromatic heterocycles. The molecule has 0 radical (unpaired) electrons. The predicted molar refractivity (Wildman–Crippen MR) is 103 cm³/mol. The monoisotopic (exact) mass is 375 g/mol. The molecule has 0 bridgehead atoms. The first-order chi connectivity index (χ1) is 13.6. The highest BCUT2D eigenvalue weighted by atomic mass is 16.2. The molecule has 28 heavy (non-hydrogen) atoms. The fourth-order valence-electron chi connectivity index (χ4n) is 3.93. The number of carbonyl (C=O) groups excluding carboxylic acids is 1. The lowest BCUT2D eigenvalue weighted by atomic mass is 9.99. The third-order valence-corrected chi connectivity index (χ3v) is 5.23. The van der Waals surface area contributed by atoms with Crippen LogP contribution in [0.1, 0.15) is 53.5 Å². The molecule has 1 atom stereocenters. The van der Waals surface area contributed by atoms with Gasteiger partial charge < -0.3 is 9.88 Å². The molecule has 5 rings (SSSR count). The van der Waals surface area contributed by atoms with Gasteiger partial charge in [-0.25, -0.2) is 9.50 Å². The van der Waals surface area contributed by atoms with Gasteiger partial charge in [0.25, 0.3) is 5.91 Å². The average Bonchev–Trinajstić information content (AvgIpc) is 3.44. The summed E-state index contributed by atoms with van der Waals surface area (Å²) < 4.78 is 3.60. The number of rotatable bonds is 3. The maximum atomic E-state index is 13.5. The topological polar surface area (TPSA) is 84.1 Å². The average molecular weight is 375 g/mol. The summed E-state index contributed by atoms with van der Waals surface area (Å²) in [5, 5.41) is 9.06. The fourth-order valence-corrected chi connectivity index (χ4v) is 3.93. The van der Waals surface area contributed by atoms with Crippen molar-refractivity contribution in [2.75, 3.05) is 6.54 Å². The summed E-state index contributed by atoms with van der Waals surface area (Å²) in [7, 11) is 0. The molecule has 5 heterocycles. The van der Waals surface area contributed by atoms with Gasteiger partial charge in [-0.05, 0) is 38.1 Å². The summed E-state index contributed by atoms with van der Waals surface area (Å²) in [5.74, 6) is -0.0538. The fraction of sp³-hybridized carbons (Fsp3) is 0.300. The number of fused-ring (bicyclic) bond motifs is 2. The largest absolute Gasteiger partial charge is 0.348 e. The van der Waals surface area contributed by atoms with Crippen LogP contribution in [0.15, 0.2) is 49.1 Å². The number of hydrogen-bond acceptors (Lipinski definition) is 4. The molecule has 1 N–H and O–H groups in total. The Balaban J connectivity index is 1.62. The summed E-state index contributed by atoms with van der Waals surface area (Å²) >= 11 is 0. The van der Waals surface area contributed by atoms with Gasteiger partial charge in [-0.3, -0.25) is 9.48 Å². The van der Waals surface area contributed by atoms with E-state index in [2.05, 4.69) is 15.1 Å². The van der Waals surface area contributed by atoms with E-state index in [0.717, 1.165) is 29.0 Å². The van der Waals surface area contributed by atoms with Gasteiger partial charge >= 0.3 is 0 Å². The molecule has 0 unspecified atom stereocenters. The zero-order valence-electron chi connectivity index (χ0n) is 15.8. The lowest BCUT2D eigenvalue weighted by Crippen LogP contribution is -2.42. The number of pyridine rings is 1. The van der Waals surface area contributed by atoms with E-state index < -0.39 is 0 Å². The van der Waals surface area contributed by atoms with Gasteiger partial charge in [-0.2, -0.15) is 10.2 Å². The van der Waals surface area contributed by atoms with Crippen molar-refractivity contribution in [1.29, 1.82) is 0 Å². The van der Waals surface area contributed by atoms with E-state index in [1.165, 1.54) is 0 Å². The molecule has 1 aliphatic heterocycles. The van der Waals surface area contributed by atoms with Gasteiger partial charge in [0, 0.05) is 37.1 Å². The molecule has 0 aliphatic carbocycles. The third kappa shape index (κ3) is 2.52. The van der Waals surface area contributed by atoms with Crippen LogP contribution in [0.5, 0.6) is 0 Å². The first kappa shape index (κ1) is 16.7. The van der Waals surface area contributed by atoms with Gasteiger partial charge in [-0.1, -0.05) is 6.07 Å².